The Morgan fingerprint density at radius 3 is 2.73 bits per heavy atom. The third-order valence-corrected chi connectivity index (χ3v) is 4.54. The van der Waals surface area contributed by atoms with Crippen LogP contribution >= 0.6 is 0 Å². The Balaban J connectivity index is 1.73. The van der Waals surface area contributed by atoms with Gasteiger partial charge in [-0.05, 0) is 42.2 Å². The van der Waals surface area contributed by atoms with Gasteiger partial charge in [0.1, 0.15) is 5.75 Å². The normalized spacial score (nSPS) is 16.8. The van der Waals surface area contributed by atoms with E-state index in [-0.39, 0.29) is 17.6 Å². The van der Waals surface area contributed by atoms with Gasteiger partial charge in [-0.3, -0.25) is 14.9 Å². The molecule has 2 aromatic rings. The number of methoxy groups -OCH3 is 1. The van der Waals surface area contributed by atoms with Crippen LogP contribution in [0, 0.1) is 10.1 Å². The smallest absolute Gasteiger partial charge is 0.270 e. The number of likely N-dealkylation sites (tertiary alicyclic amines) is 1. The number of carbonyl (C=O) groups is 1. The van der Waals surface area contributed by atoms with Crippen LogP contribution in [0.2, 0.25) is 0 Å². The number of hydrogen-bond acceptors (Lipinski definition) is 4. The quantitative estimate of drug-likeness (QED) is 0.463. The van der Waals surface area contributed by atoms with E-state index in [1.165, 1.54) is 18.2 Å². The Bertz CT molecular complexity index is 830. The lowest BCUT2D eigenvalue weighted by Gasteiger charge is -2.24. The molecule has 1 heterocycles. The van der Waals surface area contributed by atoms with Gasteiger partial charge in [-0.1, -0.05) is 24.3 Å². The van der Waals surface area contributed by atoms with Crippen molar-refractivity contribution in [1.82, 2.24) is 4.90 Å². The maximum absolute atomic E-state index is 12.6. The third kappa shape index (κ3) is 3.91. The van der Waals surface area contributed by atoms with Crippen molar-refractivity contribution in [1.29, 1.82) is 0 Å². The zero-order valence-electron chi connectivity index (χ0n) is 14.5. The molecule has 1 aliphatic heterocycles. The molecule has 1 amide bonds. The molecule has 3 rings (SSSR count). The van der Waals surface area contributed by atoms with Crippen LogP contribution in [0.4, 0.5) is 5.69 Å². The van der Waals surface area contributed by atoms with Crippen molar-refractivity contribution in [3.05, 3.63) is 75.8 Å². The van der Waals surface area contributed by atoms with Crippen molar-refractivity contribution in [2.75, 3.05) is 13.7 Å². The molecule has 0 saturated carbocycles. The summed E-state index contributed by atoms with van der Waals surface area (Å²) in [6.45, 7) is 0.703. The Morgan fingerprint density at radius 1 is 1.27 bits per heavy atom. The van der Waals surface area contributed by atoms with Gasteiger partial charge >= 0.3 is 0 Å². The SMILES string of the molecule is COc1ccc(C2CCCN2C(=O)/C=C/c2cccc([N+](=O)[O-])c2)cc1. The van der Waals surface area contributed by atoms with E-state index in [9.17, 15) is 14.9 Å². The lowest BCUT2D eigenvalue weighted by Crippen LogP contribution is -2.28. The molecule has 1 unspecified atom stereocenters. The first-order chi connectivity index (χ1) is 12.6. The Morgan fingerprint density at radius 2 is 2.04 bits per heavy atom. The maximum atomic E-state index is 12.6. The lowest BCUT2D eigenvalue weighted by atomic mass is 10.0. The molecule has 1 aliphatic rings. The number of non-ortho nitro benzene ring substituents is 1. The van der Waals surface area contributed by atoms with Crippen molar-refractivity contribution in [2.24, 2.45) is 0 Å². The number of nitro benzene ring substituents is 1. The van der Waals surface area contributed by atoms with Crippen LogP contribution < -0.4 is 4.74 Å². The van der Waals surface area contributed by atoms with Crippen molar-refractivity contribution < 1.29 is 14.5 Å². The Kier molecular flexibility index (Phi) is 5.31. The minimum Gasteiger partial charge on any atom is -0.497 e. The van der Waals surface area contributed by atoms with Gasteiger partial charge in [0.2, 0.25) is 5.91 Å². The maximum Gasteiger partial charge on any atom is 0.270 e. The number of amides is 1. The summed E-state index contributed by atoms with van der Waals surface area (Å²) in [6, 6.07) is 14.0. The first-order valence-corrected chi connectivity index (χ1v) is 8.45. The van der Waals surface area contributed by atoms with Gasteiger partial charge in [0, 0.05) is 24.8 Å². The molecule has 0 bridgehead atoms. The minimum absolute atomic E-state index is 0.0110. The summed E-state index contributed by atoms with van der Waals surface area (Å²) >= 11 is 0. The molecule has 26 heavy (non-hydrogen) atoms. The third-order valence-electron chi connectivity index (χ3n) is 4.54. The van der Waals surface area contributed by atoms with E-state index in [2.05, 4.69) is 0 Å². The summed E-state index contributed by atoms with van der Waals surface area (Å²) in [4.78, 5) is 24.9. The molecule has 1 saturated heterocycles. The predicted octanol–water partition coefficient (Wildman–Crippen LogP) is 3.98. The van der Waals surface area contributed by atoms with Crippen molar-refractivity contribution in [3.8, 4) is 5.75 Å². The lowest BCUT2D eigenvalue weighted by molar-refractivity contribution is -0.384. The second kappa shape index (κ2) is 7.82. The summed E-state index contributed by atoms with van der Waals surface area (Å²) < 4.78 is 5.18. The number of benzene rings is 2. The van der Waals surface area contributed by atoms with E-state index in [1.807, 2.05) is 29.2 Å². The topological polar surface area (TPSA) is 72.7 Å². The molecule has 6 heteroatoms. The van der Waals surface area contributed by atoms with Crippen molar-refractivity contribution in [2.45, 2.75) is 18.9 Å². The van der Waals surface area contributed by atoms with Crippen LogP contribution in [0.3, 0.4) is 0 Å². The second-order valence-corrected chi connectivity index (χ2v) is 6.15. The number of nitro groups is 1. The fourth-order valence-corrected chi connectivity index (χ4v) is 3.21. The summed E-state index contributed by atoms with van der Waals surface area (Å²) in [5.74, 6) is 0.699. The fraction of sp³-hybridized carbons (Fsp3) is 0.250. The van der Waals surface area contributed by atoms with E-state index in [4.69, 9.17) is 4.74 Å². The van der Waals surface area contributed by atoms with Gasteiger partial charge < -0.3 is 9.64 Å². The van der Waals surface area contributed by atoms with E-state index < -0.39 is 4.92 Å². The highest BCUT2D eigenvalue weighted by Gasteiger charge is 2.28. The van der Waals surface area contributed by atoms with Crippen molar-refractivity contribution in [3.63, 3.8) is 0 Å². The van der Waals surface area contributed by atoms with Crippen LogP contribution in [-0.2, 0) is 4.79 Å². The van der Waals surface area contributed by atoms with Gasteiger partial charge in [-0.15, -0.1) is 0 Å². The molecule has 1 atom stereocenters. The zero-order chi connectivity index (χ0) is 18.5. The monoisotopic (exact) mass is 352 g/mol. The first kappa shape index (κ1) is 17.7. The molecule has 0 aliphatic carbocycles. The number of carbonyl (C=O) groups excluding carboxylic acids is 1. The summed E-state index contributed by atoms with van der Waals surface area (Å²) in [5.41, 5.74) is 1.73. The standard InChI is InChI=1S/C20H20N2O4/c1-26-18-10-8-16(9-11-18)19-6-3-13-21(19)20(23)12-7-15-4-2-5-17(14-15)22(24)25/h2,4-5,7-12,14,19H,3,6,13H2,1H3/b12-7+. The van der Waals surface area contributed by atoms with Gasteiger partial charge in [-0.25, -0.2) is 0 Å². The molecule has 0 aromatic heterocycles. The van der Waals surface area contributed by atoms with Crippen LogP contribution in [0.15, 0.2) is 54.6 Å². The molecule has 6 nitrogen and oxygen atoms in total. The van der Waals surface area contributed by atoms with E-state index >= 15 is 0 Å². The Labute approximate surface area is 151 Å². The highest BCUT2D eigenvalue weighted by molar-refractivity contribution is 5.92. The molecule has 0 radical (unpaired) electrons. The average molecular weight is 352 g/mol. The van der Waals surface area contributed by atoms with Crippen LogP contribution in [0.1, 0.15) is 30.0 Å². The molecule has 2 aromatic carbocycles. The minimum atomic E-state index is -0.445. The molecular weight excluding hydrogens is 332 g/mol. The predicted molar refractivity (Wildman–Crippen MR) is 98.8 cm³/mol. The summed E-state index contributed by atoms with van der Waals surface area (Å²) in [7, 11) is 1.62. The molecule has 0 spiro atoms. The van der Waals surface area contributed by atoms with Gasteiger partial charge in [0.15, 0.2) is 0 Å². The molecule has 1 fully saturated rings. The largest absolute Gasteiger partial charge is 0.497 e. The number of ether oxygens (including phenoxy) is 1. The molecular formula is C20H20N2O4. The second-order valence-electron chi connectivity index (χ2n) is 6.15. The van der Waals surface area contributed by atoms with Crippen LogP contribution in [0.5, 0.6) is 5.75 Å². The van der Waals surface area contributed by atoms with E-state index in [0.717, 1.165) is 24.2 Å². The van der Waals surface area contributed by atoms with Gasteiger partial charge in [-0.2, -0.15) is 0 Å². The molecule has 0 N–H and O–H groups in total. The average Bonchev–Trinajstić information content (AvgIpc) is 3.16. The summed E-state index contributed by atoms with van der Waals surface area (Å²) in [6.07, 6.45) is 4.98. The first-order valence-electron chi connectivity index (χ1n) is 8.45. The van der Waals surface area contributed by atoms with E-state index in [0.29, 0.717) is 12.1 Å². The fourth-order valence-electron chi connectivity index (χ4n) is 3.21. The number of rotatable bonds is 5. The number of nitrogens with zero attached hydrogens (tertiary/aromatic N) is 2. The molecule has 134 valence electrons. The zero-order valence-corrected chi connectivity index (χ0v) is 14.5. The van der Waals surface area contributed by atoms with Gasteiger partial charge in [0.05, 0.1) is 18.1 Å². The highest BCUT2D eigenvalue weighted by Crippen LogP contribution is 2.33. The highest BCUT2D eigenvalue weighted by atomic mass is 16.6. The van der Waals surface area contributed by atoms with Crippen molar-refractivity contribution >= 4 is 17.7 Å². The Hall–Kier alpha value is -3.15. The van der Waals surface area contributed by atoms with Crippen LogP contribution in [-0.4, -0.2) is 29.4 Å². The van der Waals surface area contributed by atoms with E-state index in [1.54, 1.807) is 25.3 Å². The number of hydrogen-bond donors (Lipinski definition) is 0. The van der Waals surface area contributed by atoms with Gasteiger partial charge in [0.25, 0.3) is 5.69 Å². The van der Waals surface area contributed by atoms with Crippen LogP contribution in [0.25, 0.3) is 6.08 Å². The summed E-state index contributed by atoms with van der Waals surface area (Å²) in [5, 5.41) is 10.8.